The minimum Gasteiger partial charge on any atom is -0.0622 e. The molecule has 0 saturated heterocycles. The summed E-state index contributed by atoms with van der Waals surface area (Å²) in [6, 6.07) is 21.4. The Morgan fingerprint density at radius 2 is 0.938 bits per heavy atom. The SMILES string of the molecule is [Zn].c1ccc(CCCc2ccccc2)cc1. The van der Waals surface area contributed by atoms with E-state index in [-0.39, 0.29) is 19.5 Å². The van der Waals surface area contributed by atoms with E-state index in [0.717, 1.165) is 0 Å². The van der Waals surface area contributed by atoms with Crippen LogP contribution in [0.15, 0.2) is 60.7 Å². The molecule has 2 aromatic rings. The zero-order valence-corrected chi connectivity index (χ0v) is 12.6. The van der Waals surface area contributed by atoms with Crippen LogP contribution in [-0.2, 0) is 32.3 Å². The maximum absolute atomic E-state index is 2.20. The molecule has 2 aromatic carbocycles. The van der Waals surface area contributed by atoms with Crippen LogP contribution < -0.4 is 0 Å². The summed E-state index contributed by atoms with van der Waals surface area (Å²) in [7, 11) is 0. The fourth-order valence-electron chi connectivity index (χ4n) is 1.79. The van der Waals surface area contributed by atoms with Crippen LogP contribution >= 0.6 is 0 Å². The predicted molar refractivity (Wildman–Crippen MR) is 64.9 cm³/mol. The van der Waals surface area contributed by atoms with Gasteiger partial charge in [0.15, 0.2) is 0 Å². The van der Waals surface area contributed by atoms with Crippen LogP contribution in [0.1, 0.15) is 17.5 Å². The Labute approximate surface area is 110 Å². The van der Waals surface area contributed by atoms with E-state index in [1.807, 2.05) is 0 Å². The van der Waals surface area contributed by atoms with Crippen molar-refractivity contribution in [2.45, 2.75) is 19.3 Å². The predicted octanol–water partition coefficient (Wildman–Crippen LogP) is 3.86. The second-order valence-electron chi connectivity index (χ2n) is 3.82. The van der Waals surface area contributed by atoms with Crippen LogP contribution in [0.3, 0.4) is 0 Å². The molecule has 1 heteroatoms. The molecule has 0 aliphatic heterocycles. The van der Waals surface area contributed by atoms with E-state index >= 15 is 0 Å². The fourth-order valence-corrected chi connectivity index (χ4v) is 1.79. The molecule has 0 aromatic heterocycles. The van der Waals surface area contributed by atoms with Crippen molar-refractivity contribution in [3.8, 4) is 0 Å². The number of hydrogen-bond donors (Lipinski definition) is 0. The maximum Gasteiger partial charge on any atom is 0 e. The van der Waals surface area contributed by atoms with E-state index in [2.05, 4.69) is 60.7 Å². The summed E-state index contributed by atoms with van der Waals surface area (Å²) < 4.78 is 0. The molecule has 0 nitrogen and oxygen atoms in total. The first-order chi connectivity index (χ1) is 7.45. The Kier molecular flexibility index (Phi) is 6.04. The summed E-state index contributed by atoms with van der Waals surface area (Å²) in [4.78, 5) is 0. The third kappa shape index (κ3) is 4.28. The third-order valence-corrected chi connectivity index (χ3v) is 2.62. The molecule has 0 fully saturated rings. The molecule has 2 rings (SSSR count). The van der Waals surface area contributed by atoms with Crippen LogP contribution in [0.4, 0.5) is 0 Å². The Balaban J connectivity index is 0.00000128. The van der Waals surface area contributed by atoms with E-state index in [1.165, 1.54) is 30.4 Å². The maximum atomic E-state index is 2.20. The summed E-state index contributed by atoms with van der Waals surface area (Å²) in [6.45, 7) is 0. The average molecular weight is 262 g/mol. The van der Waals surface area contributed by atoms with Crippen LogP contribution in [0.2, 0.25) is 0 Å². The number of benzene rings is 2. The van der Waals surface area contributed by atoms with Crippen molar-refractivity contribution < 1.29 is 19.5 Å². The first kappa shape index (κ1) is 13.1. The van der Waals surface area contributed by atoms with Crippen molar-refractivity contribution in [3.63, 3.8) is 0 Å². The second kappa shape index (κ2) is 7.36. The van der Waals surface area contributed by atoms with Gasteiger partial charge in [0.1, 0.15) is 0 Å². The zero-order chi connectivity index (χ0) is 10.3. The van der Waals surface area contributed by atoms with Crippen molar-refractivity contribution in [1.29, 1.82) is 0 Å². The first-order valence-electron chi connectivity index (χ1n) is 5.53. The topological polar surface area (TPSA) is 0 Å². The van der Waals surface area contributed by atoms with Gasteiger partial charge in [0, 0.05) is 19.5 Å². The largest absolute Gasteiger partial charge is 0.0622 e. The Morgan fingerprint density at radius 1 is 0.562 bits per heavy atom. The normalized spacial score (nSPS) is 9.50. The molecule has 0 amide bonds. The smallest absolute Gasteiger partial charge is 0 e. The molecule has 0 bridgehead atoms. The molecule has 0 unspecified atom stereocenters. The quantitative estimate of drug-likeness (QED) is 0.733. The minimum absolute atomic E-state index is 0. The molecular formula is C15H16Zn. The van der Waals surface area contributed by atoms with Crippen molar-refractivity contribution in [2.75, 3.05) is 0 Å². The van der Waals surface area contributed by atoms with Crippen LogP contribution in [0, 0.1) is 0 Å². The van der Waals surface area contributed by atoms with Crippen LogP contribution in [-0.4, -0.2) is 0 Å². The van der Waals surface area contributed by atoms with Gasteiger partial charge in [0.25, 0.3) is 0 Å². The number of hydrogen-bond acceptors (Lipinski definition) is 0. The Morgan fingerprint density at radius 3 is 1.31 bits per heavy atom. The van der Waals surface area contributed by atoms with Crippen LogP contribution in [0.25, 0.3) is 0 Å². The fraction of sp³-hybridized carbons (Fsp3) is 0.200. The summed E-state index contributed by atoms with van der Waals surface area (Å²) >= 11 is 0. The molecule has 0 spiro atoms. The standard InChI is InChI=1S/C15H16.Zn/c1-3-8-14(9-4-1)12-7-13-15-10-5-2-6-11-15;/h1-6,8-11H,7,12-13H2;. The van der Waals surface area contributed by atoms with E-state index in [1.54, 1.807) is 0 Å². The van der Waals surface area contributed by atoms with Gasteiger partial charge in [-0.3, -0.25) is 0 Å². The summed E-state index contributed by atoms with van der Waals surface area (Å²) in [5.74, 6) is 0. The molecule has 78 valence electrons. The monoisotopic (exact) mass is 260 g/mol. The molecule has 0 radical (unpaired) electrons. The molecular weight excluding hydrogens is 246 g/mol. The van der Waals surface area contributed by atoms with Gasteiger partial charge in [0.2, 0.25) is 0 Å². The van der Waals surface area contributed by atoms with Gasteiger partial charge >= 0.3 is 0 Å². The van der Waals surface area contributed by atoms with Crippen molar-refractivity contribution in [1.82, 2.24) is 0 Å². The molecule has 0 N–H and O–H groups in total. The van der Waals surface area contributed by atoms with E-state index in [4.69, 9.17) is 0 Å². The molecule has 0 atom stereocenters. The van der Waals surface area contributed by atoms with E-state index < -0.39 is 0 Å². The summed E-state index contributed by atoms with van der Waals surface area (Å²) in [5.41, 5.74) is 2.88. The summed E-state index contributed by atoms with van der Waals surface area (Å²) in [5, 5.41) is 0. The second-order valence-corrected chi connectivity index (χ2v) is 3.82. The van der Waals surface area contributed by atoms with Gasteiger partial charge in [-0.2, -0.15) is 0 Å². The van der Waals surface area contributed by atoms with Gasteiger partial charge in [-0.15, -0.1) is 0 Å². The molecule has 16 heavy (non-hydrogen) atoms. The Bertz CT molecular complexity index is 341. The number of aryl methyl sites for hydroxylation is 2. The minimum atomic E-state index is 0. The van der Waals surface area contributed by atoms with Crippen molar-refractivity contribution >= 4 is 0 Å². The number of rotatable bonds is 4. The molecule has 0 aliphatic carbocycles. The van der Waals surface area contributed by atoms with Crippen LogP contribution in [0.5, 0.6) is 0 Å². The molecule has 0 heterocycles. The zero-order valence-electron chi connectivity index (χ0n) is 9.60. The van der Waals surface area contributed by atoms with Crippen molar-refractivity contribution in [2.24, 2.45) is 0 Å². The first-order valence-corrected chi connectivity index (χ1v) is 5.53. The van der Waals surface area contributed by atoms with Gasteiger partial charge in [0.05, 0.1) is 0 Å². The van der Waals surface area contributed by atoms with Gasteiger partial charge < -0.3 is 0 Å². The van der Waals surface area contributed by atoms with Crippen molar-refractivity contribution in [3.05, 3.63) is 71.8 Å². The summed E-state index contributed by atoms with van der Waals surface area (Å²) in [6.07, 6.45) is 3.58. The van der Waals surface area contributed by atoms with E-state index in [0.29, 0.717) is 0 Å². The molecule has 0 saturated carbocycles. The Hall–Kier alpha value is -0.937. The molecule has 0 aliphatic rings. The van der Waals surface area contributed by atoms with E-state index in [9.17, 15) is 0 Å². The van der Waals surface area contributed by atoms with Gasteiger partial charge in [-0.25, -0.2) is 0 Å². The van der Waals surface area contributed by atoms with Gasteiger partial charge in [-0.05, 0) is 30.4 Å². The van der Waals surface area contributed by atoms with Gasteiger partial charge in [-0.1, -0.05) is 60.7 Å². The third-order valence-electron chi connectivity index (χ3n) is 2.62. The average Bonchev–Trinajstić information content (AvgIpc) is 2.32.